The van der Waals surface area contributed by atoms with E-state index < -0.39 is 23.5 Å². The van der Waals surface area contributed by atoms with Gasteiger partial charge in [0, 0.05) is 19.4 Å². The molecule has 2 N–H and O–H groups in total. The number of nitrogens with zero attached hydrogens (tertiary/aromatic N) is 1. The van der Waals surface area contributed by atoms with E-state index in [0.29, 0.717) is 19.7 Å². The number of imide groups is 1. The van der Waals surface area contributed by atoms with Crippen molar-refractivity contribution in [2.24, 2.45) is 5.92 Å². The molecule has 7 heteroatoms. The van der Waals surface area contributed by atoms with Gasteiger partial charge in [0.2, 0.25) is 5.91 Å². The largest absolute Gasteiger partial charge is 0.481 e. The van der Waals surface area contributed by atoms with Gasteiger partial charge in [-0.2, -0.15) is 0 Å². The molecular formula is C13H22N2O5. The van der Waals surface area contributed by atoms with Crippen LogP contribution in [0.4, 0.5) is 4.79 Å². The molecule has 0 spiro atoms. The Balaban J connectivity index is 2.41. The first-order valence-electron chi connectivity index (χ1n) is 6.64. The Morgan fingerprint density at radius 3 is 2.55 bits per heavy atom. The quantitative estimate of drug-likeness (QED) is 0.798. The van der Waals surface area contributed by atoms with Crippen molar-refractivity contribution in [2.75, 3.05) is 19.7 Å². The summed E-state index contributed by atoms with van der Waals surface area (Å²) in [5.74, 6) is -1.71. The molecule has 20 heavy (non-hydrogen) atoms. The number of morpholine rings is 1. The predicted molar refractivity (Wildman–Crippen MR) is 71.2 cm³/mol. The van der Waals surface area contributed by atoms with E-state index in [-0.39, 0.29) is 18.8 Å². The molecule has 0 aromatic heterocycles. The van der Waals surface area contributed by atoms with Gasteiger partial charge in [0.1, 0.15) is 0 Å². The molecule has 1 rings (SSSR count). The Hall–Kier alpha value is -1.63. The second-order valence-electron chi connectivity index (χ2n) is 5.79. The van der Waals surface area contributed by atoms with Crippen LogP contribution in [-0.2, 0) is 14.3 Å². The van der Waals surface area contributed by atoms with E-state index in [0.717, 1.165) is 0 Å². The molecule has 0 bridgehead atoms. The number of hydrogen-bond donors (Lipinski definition) is 2. The minimum Gasteiger partial charge on any atom is -0.481 e. The van der Waals surface area contributed by atoms with Gasteiger partial charge in [0.05, 0.1) is 18.8 Å². The third kappa shape index (κ3) is 5.56. The van der Waals surface area contributed by atoms with Crippen molar-refractivity contribution in [1.82, 2.24) is 10.2 Å². The fourth-order valence-electron chi connectivity index (χ4n) is 2.13. The van der Waals surface area contributed by atoms with Gasteiger partial charge in [0.15, 0.2) is 0 Å². The molecule has 0 aromatic carbocycles. The highest BCUT2D eigenvalue weighted by Gasteiger charge is 2.30. The van der Waals surface area contributed by atoms with Gasteiger partial charge in [0.25, 0.3) is 0 Å². The van der Waals surface area contributed by atoms with E-state index in [2.05, 4.69) is 5.32 Å². The maximum absolute atomic E-state index is 11.9. The number of urea groups is 1. The topological polar surface area (TPSA) is 95.9 Å². The van der Waals surface area contributed by atoms with E-state index >= 15 is 0 Å². The molecule has 0 aromatic rings. The SMILES string of the molecule is CC(CC(=O)O)CC(=O)NC(=O)N1CCOC(C)(C)C1. The summed E-state index contributed by atoms with van der Waals surface area (Å²) < 4.78 is 5.49. The van der Waals surface area contributed by atoms with Crippen molar-refractivity contribution in [3.8, 4) is 0 Å². The number of ether oxygens (including phenoxy) is 1. The number of aliphatic carboxylic acids is 1. The van der Waals surface area contributed by atoms with E-state index in [1.54, 1.807) is 6.92 Å². The number of nitrogens with one attached hydrogen (secondary N) is 1. The third-order valence-corrected chi connectivity index (χ3v) is 3.02. The fraction of sp³-hybridized carbons (Fsp3) is 0.769. The maximum atomic E-state index is 11.9. The zero-order chi connectivity index (χ0) is 15.3. The van der Waals surface area contributed by atoms with Crippen LogP contribution in [0.25, 0.3) is 0 Å². The first-order chi connectivity index (χ1) is 9.19. The van der Waals surface area contributed by atoms with Crippen molar-refractivity contribution in [3.05, 3.63) is 0 Å². The minimum atomic E-state index is -0.952. The van der Waals surface area contributed by atoms with Crippen LogP contribution in [0.5, 0.6) is 0 Å². The average molecular weight is 286 g/mol. The molecule has 3 amide bonds. The second kappa shape index (κ2) is 6.69. The summed E-state index contributed by atoms with van der Waals surface area (Å²) in [7, 11) is 0. The summed E-state index contributed by atoms with van der Waals surface area (Å²) in [6.45, 7) is 6.70. The fourth-order valence-corrected chi connectivity index (χ4v) is 2.13. The highest BCUT2D eigenvalue weighted by molar-refractivity contribution is 5.94. The van der Waals surface area contributed by atoms with Crippen LogP contribution in [0.3, 0.4) is 0 Å². The normalized spacial score (nSPS) is 19.2. The molecule has 1 atom stereocenters. The Morgan fingerprint density at radius 2 is 2.00 bits per heavy atom. The Labute approximate surface area is 118 Å². The molecule has 0 aliphatic carbocycles. The molecule has 1 unspecified atom stereocenters. The monoisotopic (exact) mass is 286 g/mol. The van der Waals surface area contributed by atoms with Gasteiger partial charge in [-0.15, -0.1) is 0 Å². The Bertz CT molecular complexity index is 394. The van der Waals surface area contributed by atoms with Gasteiger partial charge in [-0.25, -0.2) is 4.79 Å². The van der Waals surface area contributed by atoms with Gasteiger partial charge < -0.3 is 14.7 Å². The van der Waals surface area contributed by atoms with Crippen molar-refractivity contribution in [3.63, 3.8) is 0 Å². The number of carboxylic acids is 1. The number of carbonyl (C=O) groups is 3. The molecule has 1 aliphatic heterocycles. The van der Waals surface area contributed by atoms with Crippen LogP contribution in [0.15, 0.2) is 0 Å². The summed E-state index contributed by atoms with van der Waals surface area (Å²) in [5.41, 5.74) is -0.421. The van der Waals surface area contributed by atoms with Crippen molar-refractivity contribution >= 4 is 17.9 Å². The number of carboxylic acid groups (broad SMARTS) is 1. The lowest BCUT2D eigenvalue weighted by Gasteiger charge is -2.37. The summed E-state index contributed by atoms with van der Waals surface area (Å²) in [4.78, 5) is 35.6. The van der Waals surface area contributed by atoms with Crippen molar-refractivity contribution in [1.29, 1.82) is 0 Å². The Morgan fingerprint density at radius 1 is 1.35 bits per heavy atom. The summed E-state index contributed by atoms with van der Waals surface area (Å²) in [6, 6.07) is -0.450. The second-order valence-corrected chi connectivity index (χ2v) is 5.79. The Kier molecular flexibility index (Phi) is 5.50. The van der Waals surface area contributed by atoms with E-state index in [4.69, 9.17) is 9.84 Å². The highest BCUT2D eigenvalue weighted by atomic mass is 16.5. The number of carbonyl (C=O) groups excluding carboxylic acids is 2. The molecule has 0 saturated carbocycles. The maximum Gasteiger partial charge on any atom is 0.324 e. The van der Waals surface area contributed by atoms with E-state index in [9.17, 15) is 14.4 Å². The lowest BCUT2D eigenvalue weighted by atomic mass is 10.0. The first kappa shape index (κ1) is 16.4. The van der Waals surface area contributed by atoms with Gasteiger partial charge >= 0.3 is 12.0 Å². The predicted octanol–water partition coefficient (Wildman–Crippen LogP) is 0.834. The number of amides is 3. The van der Waals surface area contributed by atoms with Crippen molar-refractivity contribution in [2.45, 2.75) is 39.2 Å². The average Bonchev–Trinajstić information content (AvgIpc) is 2.25. The smallest absolute Gasteiger partial charge is 0.324 e. The number of hydrogen-bond acceptors (Lipinski definition) is 4. The van der Waals surface area contributed by atoms with Crippen molar-refractivity contribution < 1.29 is 24.2 Å². The van der Waals surface area contributed by atoms with Crippen LogP contribution < -0.4 is 5.32 Å². The molecule has 0 radical (unpaired) electrons. The molecule has 114 valence electrons. The molecule has 7 nitrogen and oxygen atoms in total. The molecule has 1 heterocycles. The molecule has 1 aliphatic rings. The lowest BCUT2D eigenvalue weighted by molar-refractivity contribution is -0.138. The molecule has 1 fully saturated rings. The third-order valence-electron chi connectivity index (χ3n) is 3.02. The van der Waals surface area contributed by atoms with Crippen LogP contribution in [-0.4, -0.2) is 53.2 Å². The summed E-state index contributed by atoms with van der Waals surface area (Å²) in [5, 5.41) is 10.9. The van der Waals surface area contributed by atoms with Crippen LogP contribution in [0.1, 0.15) is 33.6 Å². The molecular weight excluding hydrogens is 264 g/mol. The zero-order valence-corrected chi connectivity index (χ0v) is 12.1. The van der Waals surface area contributed by atoms with Gasteiger partial charge in [-0.3, -0.25) is 14.9 Å². The van der Waals surface area contributed by atoms with Crippen LogP contribution in [0.2, 0.25) is 0 Å². The minimum absolute atomic E-state index is 0.0196. The number of rotatable bonds is 4. The van der Waals surface area contributed by atoms with Gasteiger partial charge in [-0.05, 0) is 19.8 Å². The summed E-state index contributed by atoms with van der Waals surface area (Å²) in [6.07, 6.45) is -0.0715. The van der Waals surface area contributed by atoms with E-state index in [1.165, 1.54) is 4.90 Å². The standard InChI is InChI=1S/C13H22N2O5/c1-9(7-11(17)18)6-10(16)14-12(19)15-4-5-20-13(2,3)8-15/h9H,4-8H2,1-3H3,(H,17,18)(H,14,16,19). The van der Waals surface area contributed by atoms with E-state index in [1.807, 2.05) is 13.8 Å². The summed E-state index contributed by atoms with van der Waals surface area (Å²) >= 11 is 0. The van der Waals surface area contributed by atoms with Gasteiger partial charge in [-0.1, -0.05) is 6.92 Å². The highest BCUT2D eigenvalue weighted by Crippen LogP contribution is 2.16. The van der Waals surface area contributed by atoms with Crippen LogP contribution in [0, 0.1) is 5.92 Å². The van der Waals surface area contributed by atoms with Crippen LogP contribution >= 0.6 is 0 Å². The molecule has 1 saturated heterocycles. The zero-order valence-electron chi connectivity index (χ0n) is 12.1. The first-order valence-corrected chi connectivity index (χ1v) is 6.64. The lowest BCUT2D eigenvalue weighted by Crippen LogP contribution is -2.54.